The highest BCUT2D eigenvalue weighted by atomic mass is 127. The summed E-state index contributed by atoms with van der Waals surface area (Å²) in [5, 5.41) is 8.98. The maximum atomic E-state index is 12.9. The summed E-state index contributed by atoms with van der Waals surface area (Å²) in [6.45, 7) is 3.12. The van der Waals surface area contributed by atoms with Crippen molar-refractivity contribution >= 4 is 28.6 Å². The third-order valence-corrected chi connectivity index (χ3v) is 3.08. The van der Waals surface area contributed by atoms with Gasteiger partial charge in [-0.05, 0) is 60.2 Å². The molecular formula is C10H10FIO2. The van der Waals surface area contributed by atoms with Gasteiger partial charge in [-0.25, -0.2) is 4.39 Å². The average Bonchev–Trinajstić information content (AvgIpc) is 2.08. The van der Waals surface area contributed by atoms with Crippen LogP contribution in [0.25, 0.3) is 0 Å². The first-order chi connectivity index (χ1) is 6.35. The van der Waals surface area contributed by atoms with Crippen molar-refractivity contribution in [3.63, 3.8) is 0 Å². The van der Waals surface area contributed by atoms with Gasteiger partial charge in [0.05, 0.1) is 5.41 Å². The summed E-state index contributed by atoms with van der Waals surface area (Å²) in [5.41, 5.74) is -0.552. The van der Waals surface area contributed by atoms with Crippen LogP contribution in [0.15, 0.2) is 18.2 Å². The van der Waals surface area contributed by atoms with Crippen LogP contribution in [0.2, 0.25) is 0 Å². The Labute approximate surface area is 95.3 Å². The van der Waals surface area contributed by atoms with E-state index in [1.54, 1.807) is 19.9 Å². The molecule has 76 valence electrons. The molecule has 4 heteroatoms. The number of aliphatic carboxylic acids is 1. The van der Waals surface area contributed by atoms with Gasteiger partial charge >= 0.3 is 5.97 Å². The number of benzene rings is 1. The van der Waals surface area contributed by atoms with E-state index >= 15 is 0 Å². The zero-order valence-corrected chi connectivity index (χ0v) is 10.0. The van der Waals surface area contributed by atoms with Crippen molar-refractivity contribution in [1.29, 1.82) is 0 Å². The van der Waals surface area contributed by atoms with Crippen molar-refractivity contribution in [2.45, 2.75) is 19.3 Å². The minimum Gasteiger partial charge on any atom is -0.481 e. The predicted molar refractivity (Wildman–Crippen MR) is 59.8 cm³/mol. The van der Waals surface area contributed by atoms with E-state index in [1.165, 1.54) is 12.1 Å². The van der Waals surface area contributed by atoms with E-state index < -0.39 is 17.2 Å². The Morgan fingerprint density at radius 2 is 2.07 bits per heavy atom. The molecule has 1 aromatic carbocycles. The number of hydrogen-bond acceptors (Lipinski definition) is 1. The molecule has 0 fully saturated rings. The highest BCUT2D eigenvalue weighted by molar-refractivity contribution is 14.1. The lowest BCUT2D eigenvalue weighted by atomic mass is 9.85. The van der Waals surface area contributed by atoms with Gasteiger partial charge in [-0.3, -0.25) is 4.79 Å². The van der Waals surface area contributed by atoms with Crippen LogP contribution >= 0.6 is 22.6 Å². The molecule has 0 unspecified atom stereocenters. The quantitative estimate of drug-likeness (QED) is 0.853. The van der Waals surface area contributed by atoms with E-state index in [1.807, 2.05) is 22.6 Å². The Morgan fingerprint density at radius 3 is 2.57 bits per heavy atom. The Balaban J connectivity index is 3.31. The van der Waals surface area contributed by atoms with Crippen LogP contribution < -0.4 is 0 Å². The van der Waals surface area contributed by atoms with Gasteiger partial charge in [0.1, 0.15) is 5.82 Å². The van der Waals surface area contributed by atoms with Crippen molar-refractivity contribution in [3.05, 3.63) is 33.1 Å². The molecular weight excluding hydrogens is 298 g/mol. The Kier molecular flexibility index (Phi) is 3.14. The van der Waals surface area contributed by atoms with Gasteiger partial charge in [-0.2, -0.15) is 0 Å². The van der Waals surface area contributed by atoms with Crippen molar-refractivity contribution in [1.82, 2.24) is 0 Å². The van der Waals surface area contributed by atoms with E-state index in [2.05, 4.69) is 0 Å². The summed E-state index contributed by atoms with van der Waals surface area (Å²) < 4.78 is 13.7. The molecule has 0 heterocycles. The summed E-state index contributed by atoms with van der Waals surface area (Å²) in [6.07, 6.45) is 0. The largest absolute Gasteiger partial charge is 0.481 e. The normalized spacial score (nSPS) is 11.4. The fourth-order valence-corrected chi connectivity index (χ4v) is 2.10. The van der Waals surface area contributed by atoms with Gasteiger partial charge in [0.15, 0.2) is 0 Å². The zero-order chi connectivity index (χ0) is 10.9. The van der Waals surface area contributed by atoms with E-state index in [0.29, 0.717) is 5.56 Å². The first-order valence-corrected chi connectivity index (χ1v) is 5.12. The standard InChI is InChI=1S/C10H10FIO2/c1-10(2,9(13)14)7-5-6(11)3-4-8(7)12/h3-5H,1-2H3,(H,13,14). The molecule has 14 heavy (non-hydrogen) atoms. The number of carboxylic acids is 1. The number of carbonyl (C=O) groups is 1. The molecule has 1 rings (SSSR count). The zero-order valence-electron chi connectivity index (χ0n) is 7.84. The van der Waals surface area contributed by atoms with Crippen LogP contribution in [-0.2, 0) is 10.2 Å². The van der Waals surface area contributed by atoms with Gasteiger partial charge in [0, 0.05) is 3.57 Å². The Morgan fingerprint density at radius 1 is 1.50 bits per heavy atom. The van der Waals surface area contributed by atoms with Gasteiger partial charge in [0.2, 0.25) is 0 Å². The fourth-order valence-electron chi connectivity index (χ4n) is 1.09. The topological polar surface area (TPSA) is 37.3 Å². The average molecular weight is 308 g/mol. The monoisotopic (exact) mass is 308 g/mol. The van der Waals surface area contributed by atoms with Crippen LogP contribution in [-0.4, -0.2) is 11.1 Å². The number of hydrogen-bond donors (Lipinski definition) is 1. The molecule has 0 atom stereocenters. The molecule has 0 amide bonds. The molecule has 0 radical (unpaired) electrons. The second-order valence-electron chi connectivity index (χ2n) is 3.55. The Hall–Kier alpha value is -0.650. The van der Waals surface area contributed by atoms with Crippen molar-refractivity contribution in [3.8, 4) is 0 Å². The van der Waals surface area contributed by atoms with Crippen LogP contribution in [0, 0.1) is 9.39 Å². The number of halogens is 2. The maximum absolute atomic E-state index is 12.9. The SMILES string of the molecule is CC(C)(C(=O)O)c1cc(F)ccc1I. The van der Waals surface area contributed by atoms with E-state index in [0.717, 1.165) is 3.57 Å². The maximum Gasteiger partial charge on any atom is 0.313 e. The lowest BCUT2D eigenvalue weighted by Crippen LogP contribution is -2.29. The fraction of sp³-hybridized carbons (Fsp3) is 0.300. The lowest BCUT2D eigenvalue weighted by molar-refractivity contribution is -0.142. The highest BCUT2D eigenvalue weighted by Crippen LogP contribution is 2.28. The summed E-state index contributed by atoms with van der Waals surface area (Å²) in [6, 6.07) is 4.18. The number of rotatable bonds is 2. The first-order valence-electron chi connectivity index (χ1n) is 4.04. The predicted octanol–water partition coefficient (Wildman–Crippen LogP) is 2.79. The van der Waals surface area contributed by atoms with Gasteiger partial charge in [-0.15, -0.1) is 0 Å². The van der Waals surface area contributed by atoms with Gasteiger partial charge in [0.25, 0.3) is 0 Å². The molecule has 0 aromatic heterocycles. The molecule has 0 aliphatic heterocycles. The molecule has 0 saturated heterocycles. The van der Waals surface area contributed by atoms with Gasteiger partial charge < -0.3 is 5.11 Å². The molecule has 2 nitrogen and oxygen atoms in total. The van der Waals surface area contributed by atoms with E-state index in [-0.39, 0.29) is 0 Å². The Bertz CT molecular complexity index is 374. The smallest absolute Gasteiger partial charge is 0.313 e. The van der Waals surface area contributed by atoms with Gasteiger partial charge in [-0.1, -0.05) is 0 Å². The first kappa shape index (κ1) is 11.4. The highest BCUT2D eigenvalue weighted by Gasteiger charge is 2.31. The molecule has 0 aliphatic rings. The van der Waals surface area contributed by atoms with E-state index in [9.17, 15) is 9.18 Å². The van der Waals surface area contributed by atoms with Crippen LogP contribution in [0.1, 0.15) is 19.4 Å². The molecule has 0 bridgehead atoms. The minimum absolute atomic E-state index is 0.408. The molecule has 0 saturated carbocycles. The lowest BCUT2D eigenvalue weighted by Gasteiger charge is -2.21. The second-order valence-corrected chi connectivity index (χ2v) is 4.72. The third kappa shape index (κ3) is 2.05. The molecule has 0 spiro atoms. The summed E-state index contributed by atoms with van der Waals surface area (Å²) in [4.78, 5) is 11.0. The third-order valence-electron chi connectivity index (χ3n) is 2.14. The number of carboxylic acid groups (broad SMARTS) is 1. The summed E-state index contributed by atoms with van der Waals surface area (Å²) in [5.74, 6) is -1.37. The second kappa shape index (κ2) is 3.84. The molecule has 1 aromatic rings. The van der Waals surface area contributed by atoms with Crippen LogP contribution in [0.5, 0.6) is 0 Å². The molecule has 0 aliphatic carbocycles. The van der Waals surface area contributed by atoms with Crippen molar-refractivity contribution < 1.29 is 14.3 Å². The molecule has 1 N–H and O–H groups in total. The van der Waals surface area contributed by atoms with Crippen LogP contribution in [0.3, 0.4) is 0 Å². The van der Waals surface area contributed by atoms with Crippen molar-refractivity contribution in [2.24, 2.45) is 0 Å². The van der Waals surface area contributed by atoms with Crippen molar-refractivity contribution in [2.75, 3.05) is 0 Å². The summed E-state index contributed by atoms with van der Waals surface area (Å²) >= 11 is 2.01. The minimum atomic E-state index is -1.06. The van der Waals surface area contributed by atoms with Crippen LogP contribution in [0.4, 0.5) is 4.39 Å². The summed E-state index contributed by atoms with van der Waals surface area (Å²) in [7, 11) is 0. The van der Waals surface area contributed by atoms with E-state index in [4.69, 9.17) is 5.11 Å².